The first-order chi connectivity index (χ1) is 6.77. The third kappa shape index (κ3) is 1.84. The topological polar surface area (TPSA) is 40.5 Å². The lowest BCUT2D eigenvalue weighted by atomic mass is 9.84. The van der Waals surface area contributed by atoms with Crippen LogP contribution in [0.3, 0.4) is 0 Å². The van der Waals surface area contributed by atoms with Crippen molar-refractivity contribution in [3.63, 3.8) is 0 Å². The van der Waals surface area contributed by atoms with Crippen LogP contribution >= 0.6 is 0 Å². The van der Waals surface area contributed by atoms with Crippen molar-refractivity contribution in [3.8, 4) is 11.5 Å². The summed E-state index contributed by atoms with van der Waals surface area (Å²) in [6.45, 7) is 0. The number of phenolic OH excluding ortho intramolecular Hbond substituents is 2. The third-order valence-electron chi connectivity index (χ3n) is 2.89. The zero-order chi connectivity index (χ0) is 9.97. The van der Waals surface area contributed by atoms with E-state index >= 15 is 0 Å². The normalized spacial score (nSPS) is 18.3. The Labute approximate surface area is 84.2 Å². The van der Waals surface area contributed by atoms with Gasteiger partial charge in [0.25, 0.3) is 0 Å². The highest BCUT2D eigenvalue weighted by Gasteiger charge is 2.18. The van der Waals surface area contributed by atoms with Gasteiger partial charge in [0.05, 0.1) is 0 Å². The molecule has 0 aliphatic heterocycles. The van der Waals surface area contributed by atoms with Crippen LogP contribution in [0.4, 0.5) is 0 Å². The lowest BCUT2D eigenvalue weighted by Crippen LogP contribution is -2.04. The molecule has 1 fully saturated rings. The molecule has 1 saturated carbocycles. The number of phenols is 2. The predicted octanol–water partition coefficient (Wildman–Crippen LogP) is 2.96. The van der Waals surface area contributed by atoms with E-state index in [0.29, 0.717) is 5.92 Å². The van der Waals surface area contributed by atoms with Gasteiger partial charge >= 0.3 is 0 Å². The number of hydrogen-bond donors (Lipinski definition) is 2. The summed E-state index contributed by atoms with van der Waals surface area (Å²) >= 11 is 0. The molecule has 1 aromatic carbocycles. The van der Waals surface area contributed by atoms with Crippen molar-refractivity contribution < 1.29 is 10.2 Å². The van der Waals surface area contributed by atoms with Crippen molar-refractivity contribution in [1.29, 1.82) is 0 Å². The van der Waals surface area contributed by atoms with Crippen LogP contribution in [0.5, 0.6) is 11.5 Å². The van der Waals surface area contributed by atoms with Crippen LogP contribution in [-0.4, -0.2) is 10.2 Å². The largest absolute Gasteiger partial charge is 0.508 e. The average molecular weight is 191 g/mol. The fourth-order valence-electron chi connectivity index (χ4n) is 2.12. The lowest BCUT2D eigenvalue weighted by molar-refractivity contribution is 0.429. The van der Waals surface area contributed by atoms with E-state index in [-0.39, 0.29) is 11.5 Å². The van der Waals surface area contributed by atoms with Gasteiger partial charge in [-0.05, 0) is 49.7 Å². The second kappa shape index (κ2) is 3.91. The fraction of sp³-hybridized carbons (Fsp3) is 0.417. The first-order valence-electron chi connectivity index (χ1n) is 5.11. The van der Waals surface area contributed by atoms with Gasteiger partial charge in [0.1, 0.15) is 11.5 Å². The standard InChI is InChI=1S/C12H15O2/c13-10-6-7-11(12(14)8-10)9-4-2-1-3-5-9/h1,6-9,13-14H,2-5H2. The van der Waals surface area contributed by atoms with Crippen molar-refractivity contribution >= 4 is 0 Å². The monoisotopic (exact) mass is 191 g/mol. The summed E-state index contributed by atoms with van der Waals surface area (Å²) in [4.78, 5) is 0. The SMILES string of the molecule is Oc1ccc(C2CC[CH]CC2)c(O)c1. The molecule has 0 heterocycles. The van der Waals surface area contributed by atoms with Gasteiger partial charge in [-0.1, -0.05) is 6.07 Å². The molecule has 0 atom stereocenters. The molecule has 1 aliphatic rings. The molecule has 1 aliphatic carbocycles. The molecule has 2 heteroatoms. The Hall–Kier alpha value is -1.18. The minimum Gasteiger partial charge on any atom is -0.508 e. The summed E-state index contributed by atoms with van der Waals surface area (Å²) < 4.78 is 0. The number of aromatic hydroxyl groups is 2. The second-order valence-electron chi connectivity index (χ2n) is 3.88. The van der Waals surface area contributed by atoms with Gasteiger partial charge in [-0.2, -0.15) is 0 Å². The summed E-state index contributed by atoms with van der Waals surface area (Å²) in [5.74, 6) is 0.825. The van der Waals surface area contributed by atoms with E-state index in [1.165, 1.54) is 6.07 Å². The zero-order valence-electron chi connectivity index (χ0n) is 8.11. The summed E-state index contributed by atoms with van der Waals surface area (Å²) in [7, 11) is 0. The van der Waals surface area contributed by atoms with Crippen LogP contribution in [0.15, 0.2) is 18.2 Å². The molecule has 0 amide bonds. The van der Waals surface area contributed by atoms with E-state index in [0.717, 1.165) is 31.2 Å². The summed E-state index contributed by atoms with van der Waals surface area (Å²) in [6.07, 6.45) is 6.78. The molecule has 0 bridgehead atoms. The highest BCUT2D eigenvalue weighted by molar-refractivity contribution is 5.41. The maximum absolute atomic E-state index is 9.67. The van der Waals surface area contributed by atoms with Gasteiger partial charge in [-0.25, -0.2) is 0 Å². The molecule has 2 rings (SSSR count). The van der Waals surface area contributed by atoms with Crippen LogP contribution in [0, 0.1) is 6.42 Å². The minimum atomic E-state index is 0.133. The van der Waals surface area contributed by atoms with Crippen LogP contribution in [-0.2, 0) is 0 Å². The maximum Gasteiger partial charge on any atom is 0.122 e. The molecule has 14 heavy (non-hydrogen) atoms. The Kier molecular flexibility index (Phi) is 2.62. The van der Waals surface area contributed by atoms with Crippen molar-refractivity contribution in [2.24, 2.45) is 0 Å². The van der Waals surface area contributed by atoms with E-state index in [2.05, 4.69) is 6.42 Å². The first kappa shape index (κ1) is 9.38. The smallest absolute Gasteiger partial charge is 0.122 e. The molecular weight excluding hydrogens is 176 g/mol. The third-order valence-corrected chi connectivity index (χ3v) is 2.89. The van der Waals surface area contributed by atoms with Gasteiger partial charge in [0, 0.05) is 6.07 Å². The summed E-state index contributed by atoms with van der Waals surface area (Å²) in [5, 5.41) is 18.8. The van der Waals surface area contributed by atoms with Gasteiger partial charge in [-0.15, -0.1) is 0 Å². The molecular formula is C12H15O2. The Morgan fingerprint density at radius 1 is 1.07 bits per heavy atom. The van der Waals surface area contributed by atoms with E-state index in [4.69, 9.17) is 5.11 Å². The van der Waals surface area contributed by atoms with E-state index in [1.54, 1.807) is 6.07 Å². The highest BCUT2D eigenvalue weighted by atomic mass is 16.3. The summed E-state index contributed by atoms with van der Waals surface area (Å²) in [5.41, 5.74) is 0.982. The average Bonchev–Trinajstić information content (AvgIpc) is 2.19. The number of rotatable bonds is 1. The van der Waals surface area contributed by atoms with Gasteiger partial charge < -0.3 is 10.2 Å². The second-order valence-corrected chi connectivity index (χ2v) is 3.88. The molecule has 2 N–H and O–H groups in total. The lowest BCUT2D eigenvalue weighted by Gasteiger charge is -2.22. The molecule has 0 aromatic heterocycles. The zero-order valence-corrected chi connectivity index (χ0v) is 8.11. The first-order valence-corrected chi connectivity index (χ1v) is 5.11. The van der Waals surface area contributed by atoms with Gasteiger partial charge in [-0.3, -0.25) is 0 Å². The quantitative estimate of drug-likeness (QED) is 0.716. The van der Waals surface area contributed by atoms with Crippen LogP contribution in [0.25, 0.3) is 0 Å². The van der Waals surface area contributed by atoms with E-state index in [9.17, 15) is 5.11 Å². The van der Waals surface area contributed by atoms with Crippen molar-refractivity contribution in [1.82, 2.24) is 0 Å². The van der Waals surface area contributed by atoms with Crippen molar-refractivity contribution in [2.45, 2.75) is 31.6 Å². The Morgan fingerprint density at radius 3 is 2.43 bits per heavy atom. The summed E-state index contributed by atoms with van der Waals surface area (Å²) in [6, 6.07) is 4.90. The molecule has 0 spiro atoms. The molecule has 1 radical (unpaired) electrons. The molecule has 0 unspecified atom stereocenters. The van der Waals surface area contributed by atoms with Crippen LogP contribution < -0.4 is 0 Å². The van der Waals surface area contributed by atoms with Crippen molar-refractivity contribution in [2.75, 3.05) is 0 Å². The molecule has 2 nitrogen and oxygen atoms in total. The maximum atomic E-state index is 9.67. The molecule has 75 valence electrons. The Morgan fingerprint density at radius 2 is 1.79 bits per heavy atom. The minimum absolute atomic E-state index is 0.133. The molecule has 0 saturated heterocycles. The van der Waals surface area contributed by atoms with Crippen LogP contribution in [0.1, 0.15) is 37.2 Å². The Balaban J connectivity index is 2.22. The molecule has 1 aromatic rings. The highest BCUT2D eigenvalue weighted by Crippen LogP contribution is 2.37. The number of benzene rings is 1. The van der Waals surface area contributed by atoms with Gasteiger partial charge in [0.2, 0.25) is 0 Å². The van der Waals surface area contributed by atoms with E-state index < -0.39 is 0 Å². The van der Waals surface area contributed by atoms with E-state index in [1.807, 2.05) is 6.07 Å². The van der Waals surface area contributed by atoms with Gasteiger partial charge in [0.15, 0.2) is 0 Å². The predicted molar refractivity (Wildman–Crippen MR) is 55.3 cm³/mol. The number of hydrogen-bond acceptors (Lipinski definition) is 2. The Bertz CT molecular complexity index is 314. The van der Waals surface area contributed by atoms with Crippen LogP contribution in [0.2, 0.25) is 0 Å². The fourth-order valence-corrected chi connectivity index (χ4v) is 2.12. The van der Waals surface area contributed by atoms with Crippen molar-refractivity contribution in [3.05, 3.63) is 30.2 Å².